The molecule has 1 atom stereocenters. The lowest BCUT2D eigenvalue weighted by molar-refractivity contribution is -0.299. The summed E-state index contributed by atoms with van der Waals surface area (Å²) < 4.78 is 5.07. The third kappa shape index (κ3) is 2.68. The molecule has 0 fully saturated rings. The lowest BCUT2D eigenvalue weighted by Crippen LogP contribution is -2.47. The first-order valence-corrected chi connectivity index (χ1v) is 6.07. The molecule has 1 aliphatic heterocycles. The van der Waals surface area contributed by atoms with E-state index in [1.165, 1.54) is 0 Å². The molecule has 1 aliphatic rings. The number of carbonyl (C=O) groups is 1. The van der Waals surface area contributed by atoms with Crippen molar-refractivity contribution in [1.82, 2.24) is 10.6 Å². The van der Waals surface area contributed by atoms with Crippen molar-refractivity contribution in [3.8, 4) is 5.75 Å². The van der Waals surface area contributed by atoms with E-state index in [-0.39, 0.29) is 5.57 Å². The molecule has 2 rings (SSSR count). The minimum absolute atomic E-state index is 0.152. The van der Waals surface area contributed by atoms with Gasteiger partial charge >= 0.3 is 0 Å². The van der Waals surface area contributed by atoms with Crippen LogP contribution in [0, 0.1) is 0 Å². The van der Waals surface area contributed by atoms with Gasteiger partial charge in [-0.15, -0.1) is 0 Å². The number of rotatable bonds is 3. The van der Waals surface area contributed by atoms with Crippen molar-refractivity contribution in [2.45, 2.75) is 13.0 Å². The number of aliphatic carboxylic acids is 1. The third-order valence-electron chi connectivity index (χ3n) is 2.94. The maximum Gasteiger partial charge on any atom is 0.171 e. The van der Waals surface area contributed by atoms with E-state index in [0.29, 0.717) is 16.6 Å². The van der Waals surface area contributed by atoms with Crippen LogP contribution in [0.3, 0.4) is 0 Å². The van der Waals surface area contributed by atoms with E-state index in [0.717, 1.165) is 5.56 Å². The molecule has 1 aromatic carbocycles. The van der Waals surface area contributed by atoms with Crippen molar-refractivity contribution in [1.29, 1.82) is 0 Å². The van der Waals surface area contributed by atoms with Crippen LogP contribution < -0.4 is 20.5 Å². The third-order valence-corrected chi connectivity index (χ3v) is 3.16. The highest BCUT2D eigenvalue weighted by Gasteiger charge is 2.25. The molecule has 0 saturated carbocycles. The van der Waals surface area contributed by atoms with Crippen LogP contribution in [0.1, 0.15) is 18.5 Å². The Bertz CT molecular complexity index is 552. The zero-order chi connectivity index (χ0) is 14.0. The lowest BCUT2D eigenvalue weighted by atomic mass is 9.96. The maximum absolute atomic E-state index is 11.3. The molecule has 1 heterocycles. The van der Waals surface area contributed by atoms with Gasteiger partial charge < -0.3 is 25.3 Å². The zero-order valence-corrected chi connectivity index (χ0v) is 11.3. The number of thiocarbonyl (C=S) groups is 1. The van der Waals surface area contributed by atoms with Gasteiger partial charge in [-0.2, -0.15) is 0 Å². The van der Waals surface area contributed by atoms with Gasteiger partial charge in [-0.05, 0) is 36.8 Å². The van der Waals surface area contributed by atoms with E-state index in [2.05, 4.69) is 10.6 Å². The molecule has 0 spiro atoms. The average molecular weight is 277 g/mol. The Kier molecular flexibility index (Phi) is 3.71. The van der Waals surface area contributed by atoms with E-state index in [9.17, 15) is 9.90 Å². The highest BCUT2D eigenvalue weighted by atomic mass is 32.1. The summed E-state index contributed by atoms with van der Waals surface area (Å²) in [5.41, 5.74) is 1.42. The Morgan fingerprint density at radius 3 is 2.53 bits per heavy atom. The lowest BCUT2D eigenvalue weighted by Gasteiger charge is -2.31. The van der Waals surface area contributed by atoms with Crippen molar-refractivity contribution in [3.05, 3.63) is 41.1 Å². The van der Waals surface area contributed by atoms with Crippen molar-refractivity contribution in [3.63, 3.8) is 0 Å². The molecule has 6 heteroatoms. The molecule has 0 bridgehead atoms. The van der Waals surface area contributed by atoms with E-state index >= 15 is 0 Å². The number of methoxy groups -OCH3 is 1. The molecule has 1 aromatic rings. The van der Waals surface area contributed by atoms with Gasteiger partial charge in [0.2, 0.25) is 0 Å². The number of allylic oxidation sites excluding steroid dienone is 1. The second-order valence-corrected chi connectivity index (χ2v) is 4.54. The van der Waals surface area contributed by atoms with Gasteiger partial charge in [0.05, 0.1) is 19.1 Å². The zero-order valence-electron chi connectivity index (χ0n) is 10.5. The number of hydrogen-bond acceptors (Lipinski definition) is 4. The number of hydrogen-bond donors (Lipinski definition) is 2. The van der Waals surface area contributed by atoms with Crippen LogP contribution in [0.2, 0.25) is 0 Å². The summed E-state index contributed by atoms with van der Waals surface area (Å²) in [5.74, 6) is -0.517. The first-order chi connectivity index (χ1) is 9.02. The van der Waals surface area contributed by atoms with Gasteiger partial charge in [0.1, 0.15) is 5.75 Å². The first kappa shape index (κ1) is 13.4. The average Bonchev–Trinajstić information content (AvgIpc) is 2.37. The topological polar surface area (TPSA) is 73.4 Å². The molecule has 1 unspecified atom stereocenters. The number of nitrogens with one attached hydrogen (secondary N) is 2. The summed E-state index contributed by atoms with van der Waals surface area (Å²) in [6, 6.07) is 6.60. The molecule has 19 heavy (non-hydrogen) atoms. The summed E-state index contributed by atoms with van der Waals surface area (Å²) in [4.78, 5) is 11.3. The highest BCUT2D eigenvalue weighted by Crippen LogP contribution is 2.27. The predicted molar refractivity (Wildman–Crippen MR) is 72.3 cm³/mol. The van der Waals surface area contributed by atoms with E-state index in [4.69, 9.17) is 17.0 Å². The normalized spacial score (nSPS) is 18.6. The van der Waals surface area contributed by atoms with Gasteiger partial charge in [0, 0.05) is 11.3 Å². The van der Waals surface area contributed by atoms with E-state index in [1.807, 2.05) is 0 Å². The van der Waals surface area contributed by atoms with Crippen LogP contribution in [0.4, 0.5) is 0 Å². The number of carboxylic acids is 1. The second kappa shape index (κ2) is 5.27. The first-order valence-electron chi connectivity index (χ1n) is 5.66. The molecule has 100 valence electrons. The van der Waals surface area contributed by atoms with Crippen molar-refractivity contribution in [2.24, 2.45) is 0 Å². The van der Waals surface area contributed by atoms with Crippen molar-refractivity contribution < 1.29 is 14.6 Å². The van der Waals surface area contributed by atoms with Crippen LogP contribution >= 0.6 is 12.2 Å². The quantitative estimate of drug-likeness (QED) is 0.771. The molecule has 0 aliphatic carbocycles. The fraction of sp³-hybridized carbons (Fsp3) is 0.231. The SMILES string of the molecule is COc1ccc(C2NC(=S)NC(C)=C2C(=O)[O-])cc1. The number of benzene rings is 1. The van der Waals surface area contributed by atoms with Crippen molar-refractivity contribution >= 4 is 23.3 Å². The summed E-state index contributed by atoms with van der Waals surface area (Å²) in [5, 5.41) is 17.4. The maximum atomic E-state index is 11.3. The predicted octanol–water partition coefficient (Wildman–Crippen LogP) is 0.238. The molecule has 0 aromatic heterocycles. The fourth-order valence-electron chi connectivity index (χ4n) is 2.01. The Morgan fingerprint density at radius 1 is 1.37 bits per heavy atom. The molecule has 5 nitrogen and oxygen atoms in total. The molecule has 0 amide bonds. The molecular formula is C13H13N2O3S-. The van der Waals surface area contributed by atoms with Crippen LogP contribution in [0.5, 0.6) is 5.75 Å². The Balaban J connectivity index is 2.42. The smallest absolute Gasteiger partial charge is 0.171 e. The number of ether oxygens (including phenoxy) is 1. The Labute approximate surface area is 116 Å². The van der Waals surface area contributed by atoms with Gasteiger partial charge in [-0.3, -0.25) is 0 Å². The monoisotopic (exact) mass is 277 g/mol. The number of carboxylic acid groups (broad SMARTS) is 1. The second-order valence-electron chi connectivity index (χ2n) is 4.13. The molecular weight excluding hydrogens is 264 g/mol. The van der Waals surface area contributed by atoms with Gasteiger partial charge in [0.15, 0.2) is 5.11 Å². The van der Waals surface area contributed by atoms with Gasteiger partial charge in [0.25, 0.3) is 0 Å². The van der Waals surface area contributed by atoms with Crippen LogP contribution in [-0.4, -0.2) is 18.2 Å². The fourth-order valence-corrected chi connectivity index (χ4v) is 2.28. The van der Waals surface area contributed by atoms with Crippen LogP contribution in [0.15, 0.2) is 35.5 Å². The van der Waals surface area contributed by atoms with Crippen molar-refractivity contribution in [2.75, 3.05) is 7.11 Å². The number of carbonyl (C=O) groups excluding carboxylic acids is 1. The van der Waals surface area contributed by atoms with Crippen LogP contribution in [0.25, 0.3) is 0 Å². The minimum atomic E-state index is -1.22. The van der Waals surface area contributed by atoms with Gasteiger partial charge in [-0.25, -0.2) is 0 Å². The molecule has 0 saturated heterocycles. The molecule has 0 radical (unpaired) electrons. The Hall–Kier alpha value is -2.08. The summed E-state index contributed by atoms with van der Waals surface area (Å²) in [6.07, 6.45) is 0. The summed E-state index contributed by atoms with van der Waals surface area (Å²) in [7, 11) is 1.57. The highest BCUT2D eigenvalue weighted by molar-refractivity contribution is 7.80. The van der Waals surface area contributed by atoms with Gasteiger partial charge in [-0.1, -0.05) is 12.1 Å². The molecule has 2 N–H and O–H groups in total. The minimum Gasteiger partial charge on any atom is -0.545 e. The summed E-state index contributed by atoms with van der Waals surface area (Å²) in [6.45, 7) is 1.66. The largest absolute Gasteiger partial charge is 0.545 e. The Morgan fingerprint density at radius 2 is 2.00 bits per heavy atom. The van der Waals surface area contributed by atoms with E-state index < -0.39 is 12.0 Å². The standard InChI is InChI=1S/C13H14N2O3S/c1-7-10(12(16)17)11(15-13(19)14-7)8-3-5-9(18-2)6-4-8/h3-6,11H,1-2H3,(H,16,17)(H2,14,15,19)/p-1. The van der Waals surface area contributed by atoms with Crippen LogP contribution in [-0.2, 0) is 4.79 Å². The summed E-state index contributed by atoms with van der Waals surface area (Å²) >= 11 is 5.05. The van der Waals surface area contributed by atoms with E-state index in [1.54, 1.807) is 38.3 Å².